The molecule has 0 aliphatic rings. The predicted molar refractivity (Wildman–Crippen MR) is 377 cm³/mol. The van der Waals surface area contributed by atoms with Crippen molar-refractivity contribution in [3.63, 3.8) is 0 Å². The number of hydrogen-bond donors (Lipinski definition) is 1. The average Bonchev–Trinajstić information content (AvgIpc) is 1.59. The molecule has 0 radical (unpaired) electrons. The lowest BCUT2D eigenvalue weighted by molar-refractivity contribution is 0.953. The quantitative estimate of drug-likeness (QED) is 0.151. The van der Waals surface area contributed by atoms with Gasteiger partial charge in [-0.05, 0) is 72.3 Å². The molecule has 12 aromatic carbocycles. The van der Waals surface area contributed by atoms with E-state index in [1.54, 1.807) is 0 Å². The Labute approximate surface area is 539 Å². The maximum atomic E-state index is 5.99. The molecule has 18 aromatic rings. The van der Waals surface area contributed by atoms with E-state index in [4.69, 9.17) is 36.5 Å². The number of H-pyrrole nitrogens is 1. The summed E-state index contributed by atoms with van der Waals surface area (Å²) in [7, 11) is 0. The third kappa shape index (κ3) is 10.9. The van der Waals surface area contributed by atoms with Gasteiger partial charge in [-0.3, -0.25) is 13.7 Å². The second kappa shape index (κ2) is 24.5. The molecule has 0 fully saturated rings. The lowest BCUT2D eigenvalue weighted by Crippen LogP contribution is -2.06. The number of halogens is 1. The van der Waals surface area contributed by atoms with Crippen LogP contribution >= 0.6 is 11.6 Å². The Bertz CT molecular complexity index is 5550. The monoisotopic (exact) mass is 1220 g/mol. The largest absolute Gasteiger partial charge is 0.354 e. The fourth-order valence-electron chi connectivity index (χ4n) is 12.1. The van der Waals surface area contributed by atoms with Crippen molar-refractivity contribution in [2.45, 2.75) is 0 Å². The molecule has 0 atom stereocenters. The first-order valence-corrected chi connectivity index (χ1v) is 30.9. The molecule has 0 aliphatic carbocycles. The van der Waals surface area contributed by atoms with Crippen LogP contribution in [0.2, 0.25) is 5.28 Å². The van der Waals surface area contributed by atoms with E-state index in [0.29, 0.717) is 29.2 Å². The molecule has 13 heteroatoms. The minimum absolute atomic E-state index is 0.202. The molecule has 1 N–H and O–H groups in total. The summed E-state index contributed by atoms with van der Waals surface area (Å²) in [6.07, 6.45) is 0. The maximum absolute atomic E-state index is 5.99. The van der Waals surface area contributed by atoms with Gasteiger partial charge in [0.15, 0.2) is 23.3 Å². The zero-order chi connectivity index (χ0) is 62.0. The van der Waals surface area contributed by atoms with Crippen molar-refractivity contribution in [3.8, 4) is 85.7 Å². The van der Waals surface area contributed by atoms with Crippen LogP contribution in [0.3, 0.4) is 0 Å². The number of aromatic amines is 1. The van der Waals surface area contributed by atoms with Crippen molar-refractivity contribution in [2.24, 2.45) is 0 Å². The Balaban J connectivity index is 0.000000123. The van der Waals surface area contributed by atoms with Gasteiger partial charge >= 0.3 is 0 Å². The van der Waals surface area contributed by atoms with Crippen LogP contribution in [0.4, 0.5) is 0 Å². The summed E-state index contributed by atoms with van der Waals surface area (Å²) in [5.41, 5.74) is 16.3. The van der Waals surface area contributed by atoms with Crippen LogP contribution in [0.25, 0.3) is 151 Å². The molecule has 0 spiro atoms. The molecule has 440 valence electrons. The number of rotatable bonds is 9. The smallest absolute Gasteiger partial charge is 0.238 e. The summed E-state index contributed by atoms with van der Waals surface area (Å²) in [5, 5.41) is 4.88. The summed E-state index contributed by atoms with van der Waals surface area (Å²) < 4.78 is 6.65. The van der Waals surface area contributed by atoms with Gasteiger partial charge in [-0.2, -0.15) is 19.9 Å². The van der Waals surface area contributed by atoms with Crippen LogP contribution in [-0.4, -0.2) is 58.6 Å². The normalized spacial score (nSPS) is 11.3. The van der Waals surface area contributed by atoms with Crippen LogP contribution in [0.5, 0.6) is 0 Å². The molecule has 0 unspecified atom stereocenters. The minimum Gasteiger partial charge on any atom is -0.354 e. The molecular formula is C80H53ClN12. The Morgan fingerprint density at radius 3 is 1.08 bits per heavy atom. The van der Waals surface area contributed by atoms with Crippen molar-refractivity contribution >= 4 is 77.3 Å². The highest BCUT2D eigenvalue weighted by atomic mass is 35.5. The van der Waals surface area contributed by atoms with E-state index in [0.717, 1.165) is 111 Å². The number of para-hydroxylation sites is 4. The average molecular weight is 1220 g/mol. The molecule has 0 saturated carbocycles. The van der Waals surface area contributed by atoms with Gasteiger partial charge in [0.25, 0.3) is 0 Å². The maximum Gasteiger partial charge on any atom is 0.238 e. The lowest BCUT2D eigenvalue weighted by atomic mass is 10.1. The fraction of sp³-hybridized carbons (Fsp3) is 0. The molecule has 0 bridgehead atoms. The first-order chi connectivity index (χ1) is 46.0. The fourth-order valence-corrected chi connectivity index (χ4v) is 12.3. The Morgan fingerprint density at radius 2 is 0.613 bits per heavy atom. The van der Waals surface area contributed by atoms with E-state index in [1.165, 1.54) is 10.8 Å². The van der Waals surface area contributed by atoms with E-state index >= 15 is 0 Å². The summed E-state index contributed by atoms with van der Waals surface area (Å²) in [6.45, 7) is 0. The van der Waals surface area contributed by atoms with Gasteiger partial charge < -0.3 is 4.98 Å². The van der Waals surface area contributed by atoms with Crippen molar-refractivity contribution in [2.75, 3.05) is 0 Å². The van der Waals surface area contributed by atoms with Crippen LogP contribution in [0, 0.1) is 0 Å². The summed E-state index contributed by atoms with van der Waals surface area (Å²) >= 11 is 5.99. The third-order valence-electron chi connectivity index (χ3n) is 16.4. The van der Waals surface area contributed by atoms with Gasteiger partial charge in [0.2, 0.25) is 11.2 Å². The van der Waals surface area contributed by atoms with E-state index < -0.39 is 0 Å². The van der Waals surface area contributed by atoms with E-state index in [1.807, 2.05) is 146 Å². The Kier molecular flexibility index (Phi) is 14.7. The zero-order valence-corrected chi connectivity index (χ0v) is 50.6. The van der Waals surface area contributed by atoms with Crippen LogP contribution < -0.4 is 0 Å². The van der Waals surface area contributed by atoms with E-state index in [2.05, 4.69) is 203 Å². The highest BCUT2D eigenvalue weighted by Gasteiger charge is 2.23. The molecule has 6 heterocycles. The molecule has 6 aromatic heterocycles. The van der Waals surface area contributed by atoms with E-state index in [-0.39, 0.29) is 5.28 Å². The van der Waals surface area contributed by atoms with Gasteiger partial charge in [0.05, 0.1) is 33.1 Å². The van der Waals surface area contributed by atoms with Crippen molar-refractivity contribution in [1.82, 2.24) is 58.6 Å². The standard InChI is InChI=1S/C40H26N6.C25H17N3.C15H10ClN3/c1-5-15-27(16-6-1)37-42-38(28-17-7-2-8-18-28)44-40(43-37)46-34-24-14-13-23-31(34)32-25-36-33(26-35(32)46)41-39(29-19-9-3-10-20-29)45(36)30-21-11-4-12-22-30;1-3-9-17(10-4-1)25-27-23-16-22-20(19-13-7-8-14-21(19)26-22)15-24(23)28(25)18-11-5-2-6-12-18;16-15-18-13(11-7-3-1-4-8-11)17-14(19-15)12-9-5-2-6-10-12/h1-26H;1-16,26H;1-10H. The number of imidazole rings is 2. The molecule has 18 rings (SSSR count). The SMILES string of the molecule is Clc1nc(-c2ccccc2)nc(-c2ccccc2)n1.c1ccc(-c2nc(-c3ccccc3)nc(-n3c4ccccc4c4cc5c(cc43)nc(-c3ccccc3)n5-c3ccccc3)n2)cc1.c1ccc(-c2nc3cc4[nH]c5ccccc5c4cc3n2-c2ccccc2)cc1. The molecule has 0 saturated heterocycles. The van der Waals surface area contributed by atoms with Crippen molar-refractivity contribution < 1.29 is 0 Å². The predicted octanol–water partition coefficient (Wildman–Crippen LogP) is 19.5. The van der Waals surface area contributed by atoms with Crippen LogP contribution in [0.1, 0.15) is 0 Å². The highest BCUT2D eigenvalue weighted by molar-refractivity contribution is 6.28. The number of nitrogens with one attached hydrogen (secondary N) is 1. The van der Waals surface area contributed by atoms with Gasteiger partial charge in [0.1, 0.15) is 11.6 Å². The van der Waals surface area contributed by atoms with Gasteiger partial charge in [-0.15, -0.1) is 0 Å². The molecule has 0 aliphatic heterocycles. The molecule has 0 amide bonds. The molecule has 93 heavy (non-hydrogen) atoms. The Morgan fingerprint density at radius 1 is 0.247 bits per heavy atom. The zero-order valence-electron chi connectivity index (χ0n) is 49.8. The number of hydrogen-bond acceptors (Lipinski definition) is 8. The molecule has 12 nitrogen and oxygen atoms in total. The van der Waals surface area contributed by atoms with Crippen LogP contribution in [-0.2, 0) is 0 Å². The summed E-state index contributed by atoms with van der Waals surface area (Å²) in [5.74, 6) is 4.82. The minimum atomic E-state index is 0.202. The van der Waals surface area contributed by atoms with Crippen molar-refractivity contribution in [3.05, 3.63) is 321 Å². The van der Waals surface area contributed by atoms with Crippen LogP contribution in [0.15, 0.2) is 315 Å². The first kappa shape index (κ1) is 55.8. The first-order valence-electron chi connectivity index (χ1n) is 30.5. The van der Waals surface area contributed by atoms with Gasteiger partial charge in [-0.25, -0.2) is 19.9 Å². The van der Waals surface area contributed by atoms with Gasteiger partial charge in [0, 0.05) is 77.3 Å². The van der Waals surface area contributed by atoms with Gasteiger partial charge in [-0.1, -0.05) is 255 Å². The topological polar surface area (TPSA) is 134 Å². The Hall–Kier alpha value is -12.5. The summed E-state index contributed by atoms with van der Waals surface area (Å²) in [6, 6.07) is 107. The summed E-state index contributed by atoms with van der Waals surface area (Å²) in [4.78, 5) is 41.7. The number of nitrogens with zero attached hydrogens (tertiary/aromatic N) is 11. The second-order valence-corrected chi connectivity index (χ2v) is 22.5. The lowest BCUT2D eigenvalue weighted by Gasteiger charge is -2.11. The molecular weight excluding hydrogens is 1160 g/mol. The highest BCUT2D eigenvalue weighted by Crippen LogP contribution is 2.39. The number of benzene rings is 12. The second-order valence-electron chi connectivity index (χ2n) is 22.2. The number of fused-ring (bicyclic) bond motifs is 8. The van der Waals surface area contributed by atoms with Crippen molar-refractivity contribution in [1.29, 1.82) is 0 Å². The number of aromatic nitrogens is 12. The van der Waals surface area contributed by atoms with E-state index in [9.17, 15) is 0 Å². The third-order valence-corrected chi connectivity index (χ3v) is 16.5.